The van der Waals surface area contributed by atoms with Crippen molar-refractivity contribution in [2.45, 2.75) is 10.9 Å². The van der Waals surface area contributed by atoms with Gasteiger partial charge in [0.15, 0.2) is 16.7 Å². The van der Waals surface area contributed by atoms with Crippen LogP contribution >= 0.6 is 11.8 Å². The lowest BCUT2D eigenvalue weighted by Crippen LogP contribution is -2.34. The molecule has 0 radical (unpaired) electrons. The van der Waals surface area contributed by atoms with Gasteiger partial charge in [-0.3, -0.25) is 0 Å². The summed E-state index contributed by atoms with van der Waals surface area (Å²) in [5.74, 6) is 1.17. The molecule has 21 heavy (non-hydrogen) atoms. The molecule has 1 aliphatic heterocycles. The Bertz CT molecular complexity index is 773. The maximum atomic E-state index is 11.0. The molecule has 0 bridgehead atoms. The van der Waals surface area contributed by atoms with Gasteiger partial charge in [0.2, 0.25) is 0 Å². The average Bonchev–Trinajstić information content (AvgIpc) is 3.11. The summed E-state index contributed by atoms with van der Waals surface area (Å²) in [6.45, 7) is 0. The van der Waals surface area contributed by atoms with Crippen molar-refractivity contribution >= 4 is 11.8 Å². The third-order valence-corrected chi connectivity index (χ3v) is 4.67. The van der Waals surface area contributed by atoms with E-state index in [1.54, 1.807) is 4.68 Å². The highest BCUT2D eigenvalue weighted by Crippen LogP contribution is 2.39. The fourth-order valence-corrected chi connectivity index (χ4v) is 3.56. The molecule has 4 rings (SSSR count). The fraction of sp³-hybridized carbons (Fsp3) is 0.125. The highest BCUT2D eigenvalue weighted by Gasteiger charge is 2.41. The summed E-state index contributed by atoms with van der Waals surface area (Å²) >= 11 is 1.52. The number of rotatable bonds is 2. The van der Waals surface area contributed by atoms with Gasteiger partial charge in [0.05, 0.1) is 5.75 Å². The van der Waals surface area contributed by atoms with E-state index in [1.165, 1.54) is 11.8 Å². The Morgan fingerprint density at radius 1 is 1.00 bits per heavy atom. The molecule has 0 amide bonds. The molecule has 2 aromatic carbocycles. The van der Waals surface area contributed by atoms with Gasteiger partial charge in [-0.2, -0.15) is 0 Å². The van der Waals surface area contributed by atoms with E-state index in [0.717, 1.165) is 16.3 Å². The minimum absolute atomic E-state index is 0.529. The molecule has 0 fully saturated rings. The molecular formula is C16H13N3OS. The third-order valence-electron chi connectivity index (χ3n) is 3.60. The van der Waals surface area contributed by atoms with E-state index in [0.29, 0.717) is 11.6 Å². The Balaban J connectivity index is 1.81. The second-order valence-corrected chi connectivity index (χ2v) is 5.91. The highest BCUT2D eigenvalue weighted by molar-refractivity contribution is 7.99. The first kappa shape index (κ1) is 12.6. The number of nitrogens with zero attached hydrogens (tertiary/aromatic N) is 3. The molecule has 3 aromatic rings. The minimum atomic E-state index is -1.12. The molecule has 0 saturated carbocycles. The molecule has 104 valence electrons. The van der Waals surface area contributed by atoms with Crippen molar-refractivity contribution in [3.8, 4) is 11.4 Å². The molecule has 1 aliphatic rings. The summed E-state index contributed by atoms with van der Waals surface area (Å²) in [5, 5.41) is 16.3. The van der Waals surface area contributed by atoms with Crippen molar-refractivity contribution in [2.75, 3.05) is 5.75 Å². The lowest BCUT2D eigenvalue weighted by atomic mass is 10.1. The third kappa shape index (κ3) is 1.97. The zero-order valence-corrected chi connectivity index (χ0v) is 12.0. The Morgan fingerprint density at radius 2 is 1.67 bits per heavy atom. The number of aliphatic hydroxyl groups is 1. The monoisotopic (exact) mass is 295 g/mol. The van der Waals surface area contributed by atoms with Crippen LogP contribution in [0.5, 0.6) is 0 Å². The van der Waals surface area contributed by atoms with Gasteiger partial charge in [0.1, 0.15) is 0 Å². The van der Waals surface area contributed by atoms with Crippen molar-refractivity contribution in [2.24, 2.45) is 0 Å². The van der Waals surface area contributed by atoms with Crippen LogP contribution in [0.15, 0.2) is 65.8 Å². The topological polar surface area (TPSA) is 50.9 Å². The number of aromatic nitrogens is 3. The summed E-state index contributed by atoms with van der Waals surface area (Å²) in [6, 6.07) is 19.4. The molecule has 4 nitrogen and oxygen atoms in total. The van der Waals surface area contributed by atoms with Crippen LogP contribution in [-0.4, -0.2) is 25.6 Å². The lowest BCUT2D eigenvalue weighted by molar-refractivity contribution is 0.0158. The Labute approximate surface area is 126 Å². The second kappa shape index (κ2) is 4.72. The van der Waals surface area contributed by atoms with Crippen molar-refractivity contribution in [3.05, 3.63) is 66.2 Å². The van der Waals surface area contributed by atoms with E-state index in [9.17, 15) is 5.11 Å². The zero-order chi connectivity index (χ0) is 14.3. The van der Waals surface area contributed by atoms with Crippen LogP contribution in [-0.2, 0) is 5.72 Å². The normalized spacial score (nSPS) is 20.4. The van der Waals surface area contributed by atoms with Gasteiger partial charge in [-0.25, -0.2) is 9.67 Å². The van der Waals surface area contributed by atoms with Crippen molar-refractivity contribution in [3.63, 3.8) is 0 Å². The van der Waals surface area contributed by atoms with E-state index in [1.807, 2.05) is 60.7 Å². The second-order valence-electron chi connectivity index (χ2n) is 4.97. The smallest absolute Gasteiger partial charge is 0.196 e. The maximum absolute atomic E-state index is 11.0. The number of fused-ring (bicyclic) bond motifs is 1. The minimum Gasteiger partial charge on any atom is -0.365 e. The Morgan fingerprint density at radius 3 is 2.38 bits per heavy atom. The molecule has 1 aromatic heterocycles. The van der Waals surface area contributed by atoms with Crippen LogP contribution < -0.4 is 0 Å². The van der Waals surface area contributed by atoms with Gasteiger partial charge in [-0.15, -0.1) is 5.10 Å². The molecule has 2 heterocycles. The zero-order valence-electron chi connectivity index (χ0n) is 11.2. The van der Waals surface area contributed by atoms with E-state index in [2.05, 4.69) is 10.1 Å². The summed E-state index contributed by atoms with van der Waals surface area (Å²) in [6.07, 6.45) is 0. The summed E-state index contributed by atoms with van der Waals surface area (Å²) < 4.78 is 1.63. The summed E-state index contributed by atoms with van der Waals surface area (Å²) in [5.41, 5.74) is 0.664. The molecule has 0 saturated heterocycles. The van der Waals surface area contributed by atoms with E-state index < -0.39 is 5.72 Å². The molecule has 1 atom stereocenters. The first-order valence-corrected chi connectivity index (χ1v) is 7.69. The number of benzene rings is 2. The average molecular weight is 295 g/mol. The largest absolute Gasteiger partial charge is 0.365 e. The van der Waals surface area contributed by atoms with Gasteiger partial charge in [0, 0.05) is 11.1 Å². The summed E-state index contributed by atoms with van der Waals surface area (Å²) in [4.78, 5) is 4.54. The van der Waals surface area contributed by atoms with Gasteiger partial charge >= 0.3 is 0 Å². The first-order valence-electron chi connectivity index (χ1n) is 6.71. The Hall–Kier alpha value is -2.11. The van der Waals surface area contributed by atoms with Crippen molar-refractivity contribution in [1.82, 2.24) is 14.8 Å². The van der Waals surface area contributed by atoms with Crippen LogP contribution in [0.2, 0.25) is 0 Å². The van der Waals surface area contributed by atoms with Crippen LogP contribution in [0.3, 0.4) is 0 Å². The standard InChI is InChI=1S/C16H13N3OS/c20-16(13-9-5-2-6-10-13)11-21-15-17-14(18-19(15)16)12-7-3-1-4-8-12/h1-10,20H,11H2. The molecule has 0 aliphatic carbocycles. The molecule has 1 N–H and O–H groups in total. The Kier molecular flexibility index (Phi) is 2.83. The van der Waals surface area contributed by atoms with Crippen LogP contribution in [0.25, 0.3) is 11.4 Å². The van der Waals surface area contributed by atoms with Crippen LogP contribution in [0.4, 0.5) is 0 Å². The molecule has 1 unspecified atom stereocenters. The molecule has 0 spiro atoms. The predicted molar refractivity (Wildman–Crippen MR) is 81.9 cm³/mol. The van der Waals surface area contributed by atoms with Gasteiger partial charge in [-0.1, -0.05) is 72.4 Å². The number of hydrogen-bond donors (Lipinski definition) is 1. The van der Waals surface area contributed by atoms with Crippen LogP contribution in [0, 0.1) is 0 Å². The predicted octanol–water partition coefficient (Wildman–Crippen LogP) is 2.74. The SMILES string of the molecule is OC1(c2ccccc2)CSc2nc(-c3ccccc3)nn21. The number of thioether (sulfide) groups is 1. The quantitative estimate of drug-likeness (QED) is 0.790. The van der Waals surface area contributed by atoms with E-state index >= 15 is 0 Å². The van der Waals surface area contributed by atoms with Gasteiger partial charge in [-0.05, 0) is 0 Å². The summed E-state index contributed by atoms with van der Waals surface area (Å²) in [7, 11) is 0. The van der Waals surface area contributed by atoms with Gasteiger partial charge in [0.25, 0.3) is 0 Å². The maximum Gasteiger partial charge on any atom is 0.196 e. The molecular weight excluding hydrogens is 282 g/mol. The number of hydrogen-bond acceptors (Lipinski definition) is 4. The fourth-order valence-electron chi connectivity index (χ4n) is 2.48. The van der Waals surface area contributed by atoms with E-state index in [4.69, 9.17) is 0 Å². The van der Waals surface area contributed by atoms with Gasteiger partial charge < -0.3 is 5.11 Å². The van der Waals surface area contributed by atoms with E-state index in [-0.39, 0.29) is 0 Å². The van der Waals surface area contributed by atoms with Crippen molar-refractivity contribution in [1.29, 1.82) is 0 Å². The lowest BCUT2D eigenvalue weighted by Gasteiger charge is -2.23. The highest BCUT2D eigenvalue weighted by atomic mass is 32.2. The first-order chi connectivity index (χ1) is 10.3. The van der Waals surface area contributed by atoms with Crippen molar-refractivity contribution < 1.29 is 5.11 Å². The molecule has 5 heteroatoms. The van der Waals surface area contributed by atoms with Crippen LogP contribution in [0.1, 0.15) is 5.56 Å².